The van der Waals surface area contributed by atoms with Crippen molar-refractivity contribution in [2.45, 2.75) is 19.9 Å². The van der Waals surface area contributed by atoms with E-state index in [1.165, 1.54) is 0 Å². The lowest BCUT2D eigenvalue weighted by atomic mass is 9.80. The topological polar surface area (TPSA) is 49.5 Å². The Balaban J connectivity index is 2.11. The normalized spacial score (nSPS) is 13.0. The molecule has 0 aliphatic rings. The Morgan fingerprint density at radius 1 is 1.05 bits per heavy atom. The van der Waals surface area contributed by atoms with Crippen molar-refractivity contribution in [3.63, 3.8) is 0 Å². The molecule has 21 heavy (non-hydrogen) atoms. The molecule has 112 valence electrons. The van der Waals surface area contributed by atoms with Crippen LogP contribution in [0.15, 0.2) is 54.6 Å². The average Bonchev–Trinajstić information content (AvgIpc) is 2.47. The first-order valence-corrected chi connectivity index (χ1v) is 7.21. The maximum absolute atomic E-state index is 9.37. The highest BCUT2D eigenvalue weighted by molar-refractivity contribution is 5.48. The van der Waals surface area contributed by atoms with Gasteiger partial charge >= 0.3 is 0 Å². The molecule has 1 unspecified atom stereocenters. The largest absolute Gasteiger partial charge is 0.508 e. The minimum atomic E-state index is -0.0754. The molecule has 0 amide bonds. The third kappa shape index (κ3) is 3.76. The third-order valence-electron chi connectivity index (χ3n) is 3.94. The molecule has 3 nitrogen and oxygen atoms in total. The van der Waals surface area contributed by atoms with Crippen LogP contribution in [-0.4, -0.2) is 18.7 Å². The van der Waals surface area contributed by atoms with Gasteiger partial charge in [0.15, 0.2) is 0 Å². The Labute approximate surface area is 127 Å². The predicted octanol–water partition coefficient (Wildman–Crippen LogP) is 3.55. The molecule has 1 atom stereocenters. The second kappa shape index (κ2) is 6.19. The molecule has 2 aromatic rings. The van der Waals surface area contributed by atoms with E-state index in [2.05, 4.69) is 30.9 Å². The van der Waals surface area contributed by atoms with E-state index in [1.807, 2.05) is 37.4 Å². The Morgan fingerprint density at radius 2 is 1.62 bits per heavy atom. The first kappa shape index (κ1) is 15.4. The number of hydrogen-bond acceptors (Lipinski definition) is 3. The minimum Gasteiger partial charge on any atom is -0.508 e. The van der Waals surface area contributed by atoms with Crippen LogP contribution in [0.1, 0.15) is 25.5 Å². The first-order chi connectivity index (χ1) is 9.90. The van der Waals surface area contributed by atoms with E-state index in [9.17, 15) is 5.11 Å². The van der Waals surface area contributed by atoms with Gasteiger partial charge < -0.3 is 15.7 Å². The molecule has 3 heteroatoms. The van der Waals surface area contributed by atoms with Crippen LogP contribution in [0, 0.1) is 5.41 Å². The zero-order valence-corrected chi connectivity index (χ0v) is 13.0. The molecule has 2 aromatic carbocycles. The zero-order valence-electron chi connectivity index (χ0n) is 13.0. The van der Waals surface area contributed by atoms with Gasteiger partial charge in [-0.1, -0.05) is 44.2 Å². The van der Waals surface area contributed by atoms with Crippen molar-refractivity contribution in [1.29, 1.82) is 0 Å². The predicted molar refractivity (Wildman–Crippen MR) is 88.5 cm³/mol. The average molecular weight is 284 g/mol. The molecule has 0 heterocycles. The van der Waals surface area contributed by atoms with Crippen molar-refractivity contribution >= 4 is 5.69 Å². The number of phenols is 1. The monoisotopic (exact) mass is 284 g/mol. The minimum absolute atomic E-state index is 0.0294. The summed E-state index contributed by atoms with van der Waals surface area (Å²) in [6.45, 7) is 5.19. The Morgan fingerprint density at radius 3 is 2.19 bits per heavy atom. The number of benzene rings is 2. The Kier molecular flexibility index (Phi) is 4.53. The van der Waals surface area contributed by atoms with Crippen LogP contribution in [0.3, 0.4) is 0 Å². The molecule has 0 saturated carbocycles. The SMILES string of the molecule is CN(CC(C)(C)C(N)c1ccccc1)c1ccc(O)cc1. The number of nitrogens with zero attached hydrogens (tertiary/aromatic N) is 1. The van der Waals surface area contributed by atoms with Crippen molar-refractivity contribution < 1.29 is 5.11 Å². The van der Waals surface area contributed by atoms with E-state index in [1.54, 1.807) is 12.1 Å². The third-order valence-corrected chi connectivity index (χ3v) is 3.94. The number of rotatable bonds is 5. The van der Waals surface area contributed by atoms with Gasteiger partial charge in [0.1, 0.15) is 5.75 Å². The summed E-state index contributed by atoms with van der Waals surface area (Å²) in [7, 11) is 2.05. The molecule has 0 spiro atoms. The van der Waals surface area contributed by atoms with Crippen LogP contribution in [-0.2, 0) is 0 Å². The van der Waals surface area contributed by atoms with E-state index < -0.39 is 0 Å². The first-order valence-electron chi connectivity index (χ1n) is 7.21. The summed E-state index contributed by atoms with van der Waals surface area (Å²) < 4.78 is 0. The molecule has 0 radical (unpaired) electrons. The number of phenolic OH excluding ortho intramolecular Hbond substituents is 1. The van der Waals surface area contributed by atoms with Gasteiger partial charge in [0.05, 0.1) is 0 Å². The van der Waals surface area contributed by atoms with Gasteiger partial charge in [0, 0.05) is 30.7 Å². The number of hydrogen-bond donors (Lipinski definition) is 2. The van der Waals surface area contributed by atoms with Gasteiger partial charge in [-0.25, -0.2) is 0 Å². The van der Waals surface area contributed by atoms with Crippen LogP contribution in [0.2, 0.25) is 0 Å². The number of nitrogens with two attached hydrogens (primary N) is 1. The smallest absolute Gasteiger partial charge is 0.115 e. The summed E-state index contributed by atoms with van der Waals surface area (Å²) in [5, 5.41) is 9.37. The van der Waals surface area contributed by atoms with Gasteiger partial charge in [0.2, 0.25) is 0 Å². The summed E-state index contributed by atoms with van der Waals surface area (Å²) in [5.74, 6) is 0.285. The highest BCUT2D eigenvalue weighted by atomic mass is 16.3. The van der Waals surface area contributed by atoms with Crippen LogP contribution >= 0.6 is 0 Å². The number of aromatic hydroxyl groups is 1. The number of anilines is 1. The molecule has 3 N–H and O–H groups in total. The fourth-order valence-electron chi connectivity index (χ4n) is 2.62. The maximum atomic E-state index is 9.37. The van der Waals surface area contributed by atoms with Crippen molar-refractivity contribution in [2.75, 3.05) is 18.5 Å². The summed E-state index contributed by atoms with van der Waals surface area (Å²) in [6, 6.07) is 17.4. The molecule has 2 rings (SSSR count). The Bertz CT molecular complexity index is 564. The molecule has 0 bridgehead atoms. The maximum Gasteiger partial charge on any atom is 0.115 e. The molecule has 0 fully saturated rings. The Hall–Kier alpha value is -2.00. The van der Waals surface area contributed by atoms with Gasteiger partial charge in [-0.2, -0.15) is 0 Å². The molecular weight excluding hydrogens is 260 g/mol. The van der Waals surface area contributed by atoms with E-state index in [0.29, 0.717) is 0 Å². The highest BCUT2D eigenvalue weighted by Gasteiger charge is 2.29. The molecular formula is C18H24N2O. The molecule has 0 aromatic heterocycles. The van der Waals surface area contributed by atoms with E-state index >= 15 is 0 Å². The van der Waals surface area contributed by atoms with Crippen LogP contribution in [0.4, 0.5) is 5.69 Å². The fourth-order valence-corrected chi connectivity index (χ4v) is 2.62. The standard InChI is InChI=1S/C18H24N2O/c1-18(2,17(19)14-7-5-4-6-8-14)13-20(3)15-9-11-16(21)12-10-15/h4-12,17,21H,13,19H2,1-3H3. The lowest BCUT2D eigenvalue weighted by Gasteiger charge is -2.36. The van der Waals surface area contributed by atoms with Gasteiger partial charge in [0.25, 0.3) is 0 Å². The summed E-state index contributed by atoms with van der Waals surface area (Å²) >= 11 is 0. The van der Waals surface area contributed by atoms with Crippen LogP contribution < -0.4 is 10.6 Å². The van der Waals surface area contributed by atoms with Crippen molar-refractivity contribution in [1.82, 2.24) is 0 Å². The quantitative estimate of drug-likeness (QED) is 0.882. The summed E-state index contributed by atoms with van der Waals surface area (Å²) in [5.41, 5.74) is 8.61. The van der Waals surface area contributed by atoms with Crippen molar-refractivity contribution in [3.8, 4) is 5.75 Å². The van der Waals surface area contributed by atoms with Crippen LogP contribution in [0.5, 0.6) is 5.75 Å². The van der Waals surface area contributed by atoms with E-state index in [-0.39, 0.29) is 17.2 Å². The van der Waals surface area contributed by atoms with E-state index in [0.717, 1.165) is 17.8 Å². The molecule has 0 aliphatic carbocycles. The second-order valence-corrected chi connectivity index (χ2v) is 6.25. The van der Waals surface area contributed by atoms with Crippen molar-refractivity contribution in [3.05, 3.63) is 60.2 Å². The van der Waals surface area contributed by atoms with Gasteiger partial charge in [-0.15, -0.1) is 0 Å². The van der Waals surface area contributed by atoms with Gasteiger partial charge in [-0.05, 0) is 29.8 Å². The summed E-state index contributed by atoms with van der Waals surface area (Å²) in [6.07, 6.45) is 0. The molecule has 0 saturated heterocycles. The van der Waals surface area contributed by atoms with Crippen LogP contribution in [0.25, 0.3) is 0 Å². The van der Waals surface area contributed by atoms with E-state index in [4.69, 9.17) is 5.73 Å². The second-order valence-electron chi connectivity index (χ2n) is 6.25. The zero-order chi connectivity index (χ0) is 15.5. The van der Waals surface area contributed by atoms with Crippen molar-refractivity contribution in [2.24, 2.45) is 11.1 Å². The highest BCUT2D eigenvalue weighted by Crippen LogP contribution is 2.33. The lowest BCUT2D eigenvalue weighted by Crippen LogP contribution is -2.39. The summed E-state index contributed by atoms with van der Waals surface area (Å²) in [4.78, 5) is 2.17. The molecule has 0 aliphatic heterocycles. The lowest BCUT2D eigenvalue weighted by molar-refractivity contribution is 0.296. The fraction of sp³-hybridized carbons (Fsp3) is 0.333. The van der Waals surface area contributed by atoms with Gasteiger partial charge in [-0.3, -0.25) is 0 Å².